The minimum absolute atomic E-state index is 0.144. The van der Waals surface area contributed by atoms with Gasteiger partial charge < -0.3 is 11.1 Å². The second kappa shape index (κ2) is 6.99. The standard InChI is InChI=1S/C15H19N3O3/c16-10-11-4-1-2-5-12(11)17-13(19)6-3-9-18-14(20)7-8-15(18)21/h1-2,4-5H,3,6-10,16H2,(H,17,19). The number of hydrogen-bond donors (Lipinski definition) is 2. The van der Waals surface area contributed by atoms with Crippen LogP contribution in [0.2, 0.25) is 0 Å². The van der Waals surface area contributed by atoms with Gasteiger partial charge in [0.1, 0.15) is 0 Å². The third-order valence-corrected chi connectivity index (χ3v) is 3.45. The van der Waals surface area contributed by atoms with Gasteiger partial charge in [-0.2, -0.15) is 0 Å². The molecule has 0 saturated carbocycles. The molecule has 0 atom stereocenters. The van der Waals surface area contributed by atoms with Crippen molar-refractivity contribution in [2.24, 2.45) is 5.73 Å². The number of nitrogens with one attached hydrogen (secondary N) is 1. The molecule has 1 heterocycles. The lowest BCUT2D eigenvalue weighted by Gasteiger charge is -2.13. The van der Waals surface area contributed by atoms with Gasteiger partial charge in [0.2, 0.25) is 17.7 Å². The quantitative estimate of drug-likeness (QED) is 0.764. The van der Waals surface area contributed by atoms with Gasteiger partial charge in [-0.15, -0.1) is 0 Å². The van der Waals surface area contributed by atoms with Crippen molar-refractivity contribution in [1.29, 1.82) is 0 Å². The van der Waals surface area contributed by atoms with Gasteiger partial charge in [0.15, 0.2) is 0 Å². The molecular formula is C15H19N3O3. The molecule has 2 rings (SSSR count). The van der Waals surface area contributed by atoms with Crippen LogP contribution in [0.4, 0.5) is 5.69 Å². The first kappa shape index (κ1) is 15.2. The van der Waals surface area contributed by atoms with Gasteiger partial charge in [-0.05, 0) is 18.1 Å². The number of nitrogens with zero attached hydrogens (tertiary/aromatic N) is 1. The molecule has 3 amide bonds. The first-order chi connectivity index (χ1) is 10.1. The van der Waals surface area contributed by atoms with Crippen LogP contribution in [0.25, 0.3) is 0 Å². The summed E-state index contributed by atoms with van der Waals surface area (Å²) in [5.41, 5.74) is 7.18. The van der Waals surface area contributed by atoms with Gasteiger partial charge in [0, 0.05) is 38.0 Å². The predicted molar refractivity (Wildman–Crippen MR) is 78.2 cm³/mol. The summed E-state index contributed by atoms with van der Waals surface area (Å²) in [6.07, 6.45) is 1.30. The summed E-state index contributed by atoms with van der Waals surface area (Å²) >= 11 is 0. The highest BCUT2D eigenvalue weighted by Gasteiger charge is 2.28. The molecule has 1 aliphatic rings. The Morgan fingerprint density at radius 2 is 1.86 bits per heavy atom. The Hall–Kier alpha value is -2.21. The van der Waals surface area contributed by atoms with E-state index in [1.54, 1.807) is 6.07 Å². The van der Waals surface area contributed by atoms with E-state index in [0.29, 0.717) is 25.2 Å². The Balaban J connectivity index is 1.80. The van der Waals surface area contributed by atoms with E-state index in [9.17, 15) is 14.4 Å². The van der Waals surface area contributed by atoms with Crippen LogP contribution in [0.15, 0.2) is 24.3 Å². The number of carbonyl (C=O) groups excluding carboxylic acids is 3. The van der Waals surface area contributed by atoms with Crippen molar-refractivity contribution in [1.82, 2.24) is 4.90 Å². The van der Waals surface area contributed by atoms with Crippen LogP contribution < -0.4 is 11.1 Å². The lowest BCUT2D eigenvalue weighted by atomic mass is 10.1. The average Bonchev–Trinajstić information content (AvgIpc) is 2.79. The topological polar surface area (TPSA) is 92.5 Å². The molecule has 0 spiro atoms. The van der Waals surface area contributed by atoms with Crippen molar-refractivity contribution in [2.75, 3.05) is 11.9 Å². The molecule has 0 bridgehead atoms. The van der Waals surface area contributed by atoms with Crippen LogP contribution >= 0.6 is 0 Å². The Kier molecular flexibility index (Phi) is 5.05. The zero-order valence-electron chi connectivity index (χ0n) is 11.8. The lowest BCUT2D eigenvalue weighted by Crippen LogP contribution is -2.30. The highest BCUT2D eigenvalue weighted by atomic mass is 16.2. The summed E-state index contributed by atoms with van der Waals surface area (Å²) < 4.78 is 0. The van der Waals surface area contributed by atoms with E-state index in [0.717, 1.165) is 5.56 Å². The first-order valence-electron chi connectivity index (χ1n) is 7.03. The van der Waals surface area contributed by atoms with Crippen molar-refractivity contribution in [3.05, 3.63) is 29.8 Å². The first-order valence-corrected chi connectivity index (χ1v) is 7.03. The van der Waals surface area contributed by atoms with Crippen LogP contribution in [-0.2, 0) is 20.9 Å². The van der Waals surface area contributed by atoms with Gasteiger partial charge in [-0.3, -0.25) is 19.3 Å². The van der Waals surface area contributed by atoms with Gasteiger partial charge in [-0.25, -0.2) is 0 Å². The Labute approximate surface area is 123 Å². The smallest absolute Gasteiger partial charge is 0.229 e. The fraction of sp³-hybridized carbons (Fsp3) is 0.400. The molecular weight excluding hydrogens is 270 g/mol. The van der Waals surface area contributed by atoms with Gasteiger partial charge >= 0.3 is 0 Å². The van der Waals surface area contributed by atoms with E-state index in [4.69, 9.17) is 5.73 Å². The second-order valence-electron chi connectivity index (χ2n) is 4.95. The van der Waals surface area contributed by atoms with E-state index in [1.807, 2.05) is 18.2 Å². The molecule has 21 heavy (non-hydrogen) atoms. The number of imide groups is 1. The van der Waals surface area contributed by atoms with E-state index < -0.39 is 0 Å². The Morgan fingerprint density at radius 1 is 1.19 bits per heavy atom. The van der Waals surface area contributed by atoms with Crippen LogP contribution in [0, 0.1) is 0 Å². The SMILES string of the molecule is NCc1ccccc1NC(=O)CCCN1C(=O)CCC1=O. The third kappa shape index (κ3) is 3.88. The third-order valence-electron chi connectivity index (χ3n) is 3.45. The zero-order valence-corrected chi connectivity index (χ0v) is 11.8. The number of benzene rings is 1. The number of para-hydroxylation sites is 1. The summed E-state index contributed by atoms with van der Waals surface area (Å²) in [6.45, 7) is 0.664. The fourth-order valence-corrected chi connectivity index (χ4v) is 2.30. The molecule has 6 nitrogen and oxygen atoms in total. The number of hydrogen-bond acceptors (Lipinski definition) is 4. The molecule has 1 aromatic rings. The maximum Gasteiger partial charge on any atom is 0.229 e. The van der Waals surface area contributed by atoms with Crippen molar-refractivity contribution in [3.8, 4) is 0 Å². The largest absolute Gasteiger partial charge is 0.326 e. The number of likely N-dealkylation sites (tertiary alicyclic amines) is 1. The van der Waals surface area contributed by atoms with Crippen LogP contribution in [0.3, 0.4) is 0 Å². The van der Waals surface area contributed by atoms with Crippen molar-refractivity contribution in [3.63, 3.8) is 0 Å². The second-order valence-corrected chi connectivity index (χ2v) is 4.95. The van der Waals surface area contributed by atoms with Crippen LogP contribution in [0.1, 0.15) is 31.2 Å². The average molecular weight is 289 g/mol. The fourth-order valence-electron chi connectivity index (χ4n) is 2.30. The van der Waals surface area contributed by atoms with Crippen molar-refractivity contribution >= 4 is 23.4 Å². The molecule has 0 aliphatic carbocycles. The predicted octanol–water partition coefficient (Wildman–Crippen LogP) is 1.01. The molecule has 1 saturated heterocycles. The number of anilines is 1. The van der Waals surface area contributed by atoms with Gasteiger partial charge in [-0.1, -0.05) is 18.2 Å². The maximum atomic E-state index is 11.9. The van der Waals surface area contributed by atoms with Gasteiger partial charge in [0.05, 0.1) is 0 Å². The van der Waals surface area contributed by atoms with Crippen LogP contribution in [0.5, 0.6) is 0 Å². The molecule has 112 valence electrons. The van der Waals surface area contributed by atoms with Gasteiger partial charge in [0.25, 0.3) is 0 Å². The maximum absolute atomic E-state index is 11.9. The molecule has 1 aromatic carbocycles. The Morgan fingerprint density at radius 3 is 2.52 bits per heavy atom. The van der Waals surface area contributed by atoms with Crippen LogP contribution in [-0.4, -0.2) is 29.2 Å². The van der Waals surface area contributed by atoms with E-state index in [1.165, 1.54) is 4.90 Å². The molecule has 0 aromatic heterocycles. The summed E-state index contributed by atoms with van der Waals surface area (Å²) in [4.78, 5) is 36.0. The minimum Gasteiger partial charge on any atom is -0.326 e. The zero-order chi connectivity index (χ0) is 15.2. The monoisotopic (exact) mass is 289 g/mol. The molecule has 6 heteroatoms. The number of nitrogens with two attached hydrogens (primary N) is 1. The number of carbonyl (C=O) groups is 3. The highest BCUT2D eigenvalue weighted by molar-refractivity contribution is 6.02. The molecule has 0 unspecified atom stereocenters. The van der Waals surface area contributed by atoms with Crippen molar-refractivity contribution < 1.29 is 14.4 Å². The van der Waals surface area contributed by atoms with E-state index >= 15 is 0 Å². The summed E-state index contributed by atoms with van der Waals surface area (Å²) in [5, 5.41) is 2.80. The van der Waals surface area contributed by atoms with E-state index in [-0.39, 0.29) is 37.0 Å². The normalized spacial score (nSPS) is 14.6. The summed E-state index contributed by atoms with van der Waals surface area (Å²) in [7, 11) is 0. The molecule has 0 radical (unpaired) electrons. The van der Waals surface area contributed by atoms with E-state index in [2.05, 4.69) is 5.32 Å². The Bertz CT molecular complexity index is 541. The highest BCUT2D eigenvalue weighted by Crippen LogP contribution is 2.15. The number of amides is 3. The molecule has 1 aliphatic heterocycles. The van der Waals surface area contributed by atoms with Crippen molar-refractivity contribution in [2.45, 2.75) is 32.2 Å². The summed E-state index contributed by atoms with van der Waals surface area (Å²) in [5.74, 6) is -0.433. The summed E-state index contributed by atoms with van der Waals surface area (Å²) in [6, 6.07) is 7.35. The molecule has 1 fully saturated rings. The lowest BCUT2D eigenvalue weighted by molar-refractivity contribution is -0.138. The molecule has 3 N–H and O–H groups in total. The number of rotatable bonds is 6. The minimum atomic E-state index is -0.145.